The highest BCUT2D eigenvalue weighted by molar-refractivity contribution is 7.08. The van der Waals surface area contributed by atoms with E-state index in [1.807, 2.05) is 6.07 Å². The first-order chi connectivity index (χ1) is 7.92. The minimum absolute atomic E-state index is 0.813. The van der Waals surface area contributed by atoms with Gasteiger partial charge in [-0.1, -0.05) is 43.7 Å². The molecule has 0 aliphatic carbocycles. The smallest absolute Gasteiger partial charge is 0.137 e. The van der Waals surface area contributed by atoms with Crippen molar-refractivity contribution in [2.24, 2.45) is 0 Å². The Bertz CT molecular complexity index is 419. The molecule has 1 nitrogen and oxygen atoms in total. The van der Waals surface area contributed by atoms with E-state index in [1.54, 1.807) is 11.3 Å². The van der Waals surface area contributed by atoms with Crippen molar-refractivity contribution in [3.05, 3.63) is 41.1 Å². The Morgan fingerprint density at radius 2 is 1.94 bits per heavy atom. The quantitative estimate of drug-likeness (QED) is 0.685. The summed E-state index contributed by atoms with van der Waals surface area (Å²) in [7, 11) is 0. The summed E-state index contributed by atoms with van der Waals surface area (Å²) in [5, 5.41) is 4.23. The van der Waals surface area contributed by atoms with Crippen LogP contribution in [-0.2, 0) is 0 Å². The molecule has 2 aromatic rings. The molecule has 0 N–H and O–H groups in total. The molecule has 0 unspecified atom stereocenters. The second kappa shape index (κ2) is 5.71. The number of benzene rings is 1. The van der Waals surface area contributed by atoms with Gasteiger partial charge in [-0.2, -0.15) is 0 Å². The van der Waals surface area contributed by atoms with Gasteiger partial charge in [0, 0.05) is 16.3 Å². The zero-order chi connectivity index (χ0) is 11.2. The van der Waals surface area contributed by atoms with E-state index in [0.717, 1.165) is 18.8 Å². The molecule has 0 atom stereocenters. The van der Waals surface area contributed by atoms with Gasteiger partial charge in [-0.25, -0.2) is 0 Å². The van der Waals surface area contributed by atoms with Crippen LogP contribution < -0.4 is 4.74 Å². The summed E-state index contributed by atoms with van der Waals surface area (Å²) in [6, 6.07) is 10.4. The molecule has 0 bridgehead atoms. The number of hydrogen-bond acceptors (Lipinski definition) is 2. The lowest BCUT2D eigenvalue weighted by Crippen LogP contribution is -1.96. The van der Waals surface area contributed by atoms with Crippen LogP contribution in [0.4, 0.5) is 0 Å². The van der Waals surface area contributed by atoms with Crippen LogP contribution in [0.15, 0.2) is 41.1 Å². The lowest BCUT2D eigenvalue weighted by molar-refractivity contribution is 0.312. The largest absolute Gasteiger partial charge is 0.492 e. The van der Waals surface area contributed by atoms with E-state index in [2.05, 4.69) is 41.9 Å². The van der Waals surface area contributed by atoms with Crippen LogP contribution in [0.5, 0.6) is 5.75 Å². The van der Waals surface area contributed by atoms with Crippen LogP contribution >= 0.6 is 11.3 Å². The van der Waals surface area contributed by atoms with Gasteiger partial charge in [-0.05, 0) is 12.0 Å². The number of unbranched alkanes of at least 4 members (excludes halogenated alkanes) is 1. The maximum Gasteiger partial charge on any atom is 0.137 e. The normalized spacial score (nSPS) is 10.3. The highest BCUT2D eigenvalue weighted by Gasteiger charge is 2.06. The Balaban J connectivity index is 2.13. The van der Waals surface area contributed by atoms with Crippen molar-refractivity contribution in [3.8, 4) is 16.9 Å². The number of thiophene rings is 1. The van der Waals surface area contributed by atoms with Gasteiger partial charge < -0.3 is 4.74 Å². The predicted octanol–water partition coefficient (Wildman–Crippen LogP) is 4.59. The van der Waals surface area contributed by atoms with E-state index in [9.17, 15) is 0 Å². The van der Waals surface area contributed by atoms with Crippen molar-refractivity contribution >= 4 is 11.3 Å². The zero-order valence-electron chi connectivity index (χ0n) is 9.48. The summed E-state index contributed by atoms with van der Waals surface area (Å²) < 4.78 is 5.78. The van der Waals surface area contributed by atoms with Crippen molar-refractivity contribution < 1.29 is 4.74 Å². The second-order valence-electron chi connectivity index (χ2n) is 3.72. The maximum absolute atomic E-state index is 5.78. The highest BCUT2D eigenvalue weighted by Crippen LogP contribution is 2.33. The minimum atomic E-state index is 0.813. The van der Waals surface area contributed by atoms with E-state index < -0.39 is 0 Å². The monoisotopic (exact) mass is 232 g/mol. The lowest BCUT2D eigenvalue weighted by atomic mass is 10.1. The molecular weight excluding hydrogens is 216 g/mol. The van der Waals surface area contributed by atoms with Crippen molar-refractivity contribution in [2.75, 3.05) is 6.61 Å². The van der Waals surface area contributed by atoms with E-state index in [1.165, 1.54) is 17.5 Å². The van der Waals surface area contributed by atoms with Crippen LogP contribution in [0.2, 0.25) is 0 Å². The van der Waals surface area contributed by atoms with Gasteiger partial charge in [0.05, 0.1) is 6.61 Å². The van der Waals surface area contributed by atoms with Gasteiger partial charge >= 0.3 is 0 Å². The molecule has 0 aliphatic rings. The molecule has 0 fully saturated rings. The van der Waals surface area contributed by atoms with Gasteiger partial charge in [0.2, 0.25) is 0 Å². The first-order valence-corrected chi connectivity index (χ1v) is 6.60. The Kier molecular flexibility index (Phi) is 4.00. The topological polar surface area (TPSA) is 9.23 Å². The Hall–Kier alpha value is -1.28. The third-order valence-corrected chi connectivity index (χ3v) is 3.19. The van der Waals surface area contributed by atoms with Gasteiger partial charge in [0.1, 0.15) is 5.75 Å². The molecule has 0 saturated carbocycles. The lowest BCUT2D eigenvalue weighted by Gasteiger charge is -2.06. The van der Waals surface area contributed by atoms with Crippen LogP contribution in [0.25, 0.3) is 11.1 Å². The molecule has 84 valence electrons. The number of hydrogen-bond donors (Lipinski definition) is 0. The van der Waals surface area contributed by atoms with E-state index >= 15 is 0 Å². The molecule has 1 aromatic heterocycles. The average molecular weight is 232 g/mol. The van der Waals surface area contributed by atoms with Crippen molar-refractivity contribution in [2.45, 2.75) is 19.8 Å². The summed E-state index contributed by atoms with van der Waals surface area (Å²) in [6.45, 7) is 2.99. The Labute approximate surface area is 101 Å². The molecular formula is C14H16OS. The van der Waals surface area contributed by atoms with Crippen LogP contribution in [0.1, 0.15) is 19.8 Å². The van der Waals surface area contributed by atoms with Crippen LogP contribution in [0, 0.1) is 0 Å². The molecule has 16 heavy (non-hydrogen) atoms. The third kappa shape index (κ3) is 2.64. The summed E-state index contributed by atoms with van der Waals surface area (Å²) in [5.74, 6) is 1.02. The SMILES string of the molecule is CCCCOc1cscc1-c1ccccc1. The fourth-order valence-corrected chi connectivity index (χ4v) is 2.33. The first kappa shape index (κ1) is 11.2. The molecule has 0 aliphatic heterocycles. The third-order valence-electron chi connectivity index (χ3n) is 2.47. The van der Waals surface area contributed by atoms with Gasteiger partial charge in [-0.15, -0.1) is 11.3 Å². The molecule has 1 heterocycles. The van der Waals surface area contributed by atoms with Crippen molar-refractivity contribution in [3.63, 3.8) is 0 Å². The van der Waals surface area contributed by atoms with E-state index in [0.29, 0.717) is 0 Å². The fraction of sp³-hybridized carbons (Fsp3) is 0.286. The summed E-state index contributed by atoms with van der Waals surface area (Å²) in [6.07, 6.45) is 2.29. The van der Waals surface area contributed by atoms with Gasteiger partial charge in [0.15, 0.2) is 0 Å². The van der Waals surface area contributed by atoms with E-state index in [-0.39, 0.29) is 0 Å². The van der Waals surface area contributed by atoms with Crippen LogP contribution in [-0.4, -0.2) is 6.61 Å². The predicted molar refractivity (Wildman–Crippen MR) is 70.2 cm³/mol. The standard InChI is InChI=1S/C14H16OS/c1-2-3-9-15-14-11-16-10-13(14)12-7-5-4-6-8-12/h4-8,10-11H,2-3,9H2,1H3. The maximum atomic E-state index is 5.78. The first-order valence-electron chi connectivity index (χ1n) is 5.66. The Morgan fingerprint density at radius 1 is 1.12 bits per heavy atom. The highest BCUT2D eigenvalue weighted by atomic mass is 32.1. The number of ether oxygens (including phenoxy) is 1. The average Bonchev–Trinajstić information content (AvgIpc) is 2.79. The minimum Gasteiger partial charge on any atom is -0.492 e. The summed E-state index contributed by atoms with van der Waals surface area (Å²) >= 11 is 1.69. The fourth-order valence-electron chi connectivity index (χ4n) is 1.55. The van der Waals surface area contributed by atoms with Crippen molar-refractivity contribution in [1.82, 2.24) is 0 Å². The van der Waals surface area contributed by atoms with Crippen molar-refractivity contribution in [1.29, 1.82) is 0 Å². The molecule has 2 heteroatoms. The molecule has 0 spiro atoms. The second-order valence-corrected chi connectivity index (χ2v) is 4.46. The van der Waals surface area contributed by atoms with Gasteiger partial charge in [0.25, 0.3) is 0 Å². The summed E-state index contributed by atoms with van der Waals surface area (Å²) in [4.78, 5) is 0. The zero-order valence-corrected chi connectivity index (χ0v) is 10.3. The van der Waals surface area contributed by atoms with Gasteiger partial charge in [-0.3, -0.25) is 0 Å². The summed E-state index contributed by atoms with van der Waals surface area (Å²) in [5.41, 5.74) is 2.44. The molecule has 1 aromatic carbocycles. The number of rotatable bonds is 5. The van der Waals surface area contributed by atoms with Crippen LogP contribution in [0.3, 0.4) is 0 Å². The molecule has 0 radical (unpaired) electrons. The van der Waals surface area contributed by atoms with E-state index in [4.69, 9.17) is 4.74 Å². The Morgan fingerprint density at radius 3 is 2.69 bits per heavy atom. The molecule has 0 amide bonds. The molecule has 0 saturated heterocycles. The molecule has 2 rings (SSSR count).